The number of nitrogens with two attached hydrogens (primary N) is 2. The van der Waals surface area contributed by atoms with E-state index in [4.69, 9.17) is 16.2 Å². The van der Waals surface area contributed by atoms with Crippen molar-refractivity contribution in [2.45, 2.75) is 83.2 Å². The molecule has 2 aliphatic rings. The van der Waals surface area contributed by atoms with Crippen molar-refractivity contribution in [3.63, 3.8) is 0 Å². The van der Waals surface area contributed by atoms with Crippen molar-refractivity contribution in [2.75, 3.05) is 39.0 Å². The molecule has 2 atom stereocenters. The van der Waals surface area contributed by atoms with Crippen LogP contribution in [-0.2, 0) is 40.4 Å². The topological polar surface area (TPSA) is 186 Å². The van der Waals surface area contributed by atoms with Crippen LogP contribution in [0.2, 0.25) is 0 Å². The molecule has 2 fully saturated rings. The lowest BCUT2D eigenvalue weighted by Gasteiger charge is -2.38. The summed E-state index contributed by atoms with van der Waals surface area (Å²) in [4.78, 5) is 57.3. The van der Waals surface area contributed by atoms with Gasteiger partial charge in [0, 0.05) is 32.6 Å². The summed E-state index contributed by atoms with van der Waals surface area (Å²) in [5.74, 6) is -2.01. The highest BCUT2D eigenvalue weighted by atomic mass is 32.2. The molecule has 0 radical (unpaired) electrons. The summed E-state index contributed by atoms with van der Waals surface area (Å²) in [6.07, 6.45) is 6.04. The Morgan fingerprint density at radius 1 is 1.02 bits per heavy atom. The van der Waals surface area contributed by atoms with Crippen LogP contribution in [0.3, 0.4) is 0 Å². The summed E-state index contributed by atoms with van der Waals surface area (Å²) >= 11 is 0. The lowest BCUT2D eigenvalue weighted by molar-refractivity contribution is -0.144. The summed E-state index contributed by atoms with van der Waals surface area (Å²) in [5, 5.41) is 0. The predicted octanol–water partition coefficient (Wildman–Crippen LogP) is 1.40. The molecule has 3 rings (SSSR count). The lowest BCUT2D eigenvalue weighted by atomic mass is 9.95. The SMILES string of the molecule is CCCCCOC(=O)CCC(=O)N=C(N)N1CCC(CN([C@H](Cc2ccccc2)C(=O)N2CCC[C@H]2C(N)=O)S(C)(=O)=O)CC1. The van der Waals surface area contributed by atoms with E-state index in [0.29, 0.717) is 51.9 Å². The highest BCUT2D eigenvalue weighted by Crippen LogP contribution is 2.26. The van der Waals surface area contributed by atoms with E-state index in [1.54, 1.807) is 4.90 Å². The number of primary amides is 1. The number of piperidine rings is 1. The second kappa shape index (κ2) is 17.2. The van der Waals surface area contributed by atoms with Crippen LogP contribution in [0.1, 0.15) is 70.3 Å². The van der Waals surface area contributed by atoms with Gasteiger partial charge in [0.2, 0.25) is 27.7 Å². The first-order valence-corrected chi connectivity index (χ1v) is 17.6. The molecule has 1 aromatic rings. The largest absolute Gasteiger partial charge is 0.466 e. The van der Waals surface area contributed by atoms with Gasteiger partial charge >= 0.3 is 5.97 Å². The van der Waals surface area contributed by atoms with Crippen LogP contribution in [0.25, 0.3) is 0 Å². The lowest BCUT2D eigenvalue weighted by Crippen LogP contribution is -2.56. The average molecular weight is 649 g/mol. The number of aliphatic imine (C=N–C) groups is 1. The maximum Gasteiger partial charge on any atom is 0.306 e. The molecular weight excluding hydrogens is 600 g/mol. The Morgan fingerprint density at radius 3 is 2.33 bits per heavy atom. The zero-order chi connectivity index (χ0) is 33.0. The van der Waals surface area contributed by atoms with Gasteiger partial charge in [0.25, 0.3) is 0 Å². The molecule has 45 heavy (non-hydrogen) atoms. The number of carbonyl (C=O) groups excluding carboxylic acids is 4. The third kappa shape index (κ3) is 11.1. The van der Waals surface area contributed by atoms with Crippen LogP contribution in [0.15, 0.2) is 35.3 Å². The Hall–Kier alpha value is -3.52. The molecule has 1 aromatic carbocycles. The molecule has 0 unspecified atom stereocenters. The Labute approximate surface area is 266 Å². The van der Waals surface area contributed by atoms with Crippen molar-refractivity contribution in [3.8, 4) is 0 Å². The molecule has 3 amide bonds. The number of hydrogen-bond acceptors (Lipinski definition) is 7. The summed E-state index contributed by atoms with van der Waals surface area (Å²) in [6.45, 7) is 3.73. The van der Waals surface area contributed by atoms with Gasteiger partial charge in [-0.3, -0.25) is 19.2 Å². The predicted molar refractivity (Wildman–Crippen MR) is 170 cm³/mol. The van der Waals surface area contributed by atoms with Gasteiger partial charge in [-0.1, -0.05) is 50.1 Å². The number of unbranched alkanes of at least 4 members (excludes halogenated alkanes) is 2. The first kappa shape index (κ1) is 36.0. The van der Waals surface area contributed by atoms with E-state index in [-0.39, 0.29) is 37.7 Å². The monoisotopic (exact) mass is 648 g/mol. The smallest absolute Gasteiger partial charge is 0.306 e. The third-order valence-electron chi connectivity index (χ3n) is 8.36. The molecule has 0 saturated carbocycles. The molecule has 2 aliphatic heterocycles. The molecule has 2 saturated heterocycles. The molecule has 14 heteroatoms. The zero-order valence-electron chi connectivity index (χ0n) is 26.4. The van der Waals surface area contributed by atoms with Gasteiger partial charge in [0.05, 0.1) is 19.3 Å². The van der Waals surface area contributed by atoms with Gasteiger partial charge in [-0.15, -0.1) is 0 Å². The molecule has 0 spiro atoms. The van der Waals surface area contributed by atoms with E-state index < -0.39 is 45.8 Å². The van der Waals surface area contributed by atoms with Gasteiger partial charge in [0.15, 0.2) is 5.96 Å². The fourth-order valence-electron chi connectivity index (χ4n) is 5.83. The van der Waals surface area contributed by atoms with Crippen LogP contribution in [0.4, 0.5) is 0 Å². The fourth-order valence-corrected chi connectivity index (χ4v) is 6.94. The second-order valence-electron chi connectivity index (χ2n) is 11.9. The van der Waals surface area contributed by atoms with E-state index in [1.165, 1.54) is 9.21 Å². The highest BCUT2D eigenvalue weighted by molar-refractivity contribution is 7.88. The van der Waals surface area contributed by atoms with Crippen LogP contribution in [-0.4, -0.2) is 103 Å². The minimum Gasteiger partial charge on any atom is -0.466 e. The van der Waals surface area contributed by atoms with Crippen LogP contribution in [0, 0.1) is 5.92 Å². The summed E-state index contributed by atoms with van der Waals surface area (Å²) in [6, 6.07) is 7.39. The first-order valence-electron chi connectivity index (χ1n) is 15.8. The molecule has 0 aromatic heterocycles. The normalized spacial score (nSPS) is 18.6. The van der Waals surface area contributed by atoms with Crippen molar-refractivity contribution in [1.82, 2.24) is 14.1 Å². The Balaban J connectivity index is 1.64. The molecule has 2 heterocycles. The van der Waals surface area contributed by atoms with Crippen LogP contribution in [0.5, 0.6) is 0 Å². The highest BCUT2D eigenvalue weighted by Gasteiger charge is 2.41. The van der Waals surface area contributed by atoms with Crippen molar-refractivity contribution in [2.24, 2.45) is 22.4 Å². The van der Waals surface area contributed by atoms with Crippen molar-refractivity contribution >= 4 is 39.7 Å². The maximum atomic E-state index is 13.9. The number of rotatable bonds is 15. The van der Waals surface area contributed by atoms with E-state index in [2.05, 4.69) is 11.9 Å². The average Bonchev–Trinajstić information content (AvgIpc) is 3.51. The summed E-state index contributed by atoms with van der Waals surface area (Å²) in [7, 11) is -3.84. The molecular formula is C31H48N6O7S. The minimum atomic E-state index is -3.84. The second-order valence-corrected chi connectivity index (χ2v) is 13.8. The number of hydrogen-bond donors (Lipinski definition) is 2. The van der Waals surface area contributed by atoms with Crippen molar-refractivity contribution in [3.05, 3.63) is 35.9 Å². The maximum absolute atomic E-state index is 13.9. The van der Waals surface area contributed by atoms with Gasteiger partial charge in [-0.2, -0.15) is 9.30 Å². The van der Waals surface area contributed by atoms with Gasteiger partial charge in [-0.05, 0) is 50.0 Å². The number of carbonyl (C=O) groups is 4. The number of esters is 1. The van der Waals surface area contributed by atoms with E-state index >= 15 is 0 Å². The van der Waals surface area contributed by atoms with Crippen molar-refractivity contribution in [1.29, 1.82) is 0 Å². The molecule has 0 aliphatic carbocycles. The first-order chi connectivity index (χ1) is 21.4. The van der Waals surface area contributed by atoms with Crippen LogP contribution < -0.4 is 11.5 Å². The molecule has 250 valence electrons. The van der Waals surface area contributed by atoms with Crippen molar-refractivity contribution < 1.29 is 32.3 Å². The van der Waals surface area contributed by atoms with E-state index in [0.717, 1.165) is 31.1 Å². The van der Waals surface area contributed by atoms with E-state index in [1.807, 2.05) is 30.3 Å². The molecule has 0 bridgehead atoms. The number of ether oxygens (including phenoxy) is 1. The fraction of sp³-hybridized carbons (Fsp3) is 0.645. The Kier molecular flexibility index (Phi) is 13.8. The van der Waals surface area contributed by atoms with E-state index in [9.17, 15) is 27.6 Å². The molecule has 13 nitrogen and oxygen atoms in total. The van der Waals surface area contributed by atoms with Crippen LogP contribution >= 0.6 is 0 Å². The quantitative estimate of drug-likeness (QED) is 0.123. The number of amides is 3. The van der Waals surface area contributed by atoms with Gasteiger partial charge in [-0.25, -0.2) is 8.42 Å². The molecule has 4 N–H and O–H groups in total. The summed E-state index contributed by atoms with van der Waals surface area (Å²) < 4.78 is 32.8. The minimum absolute atomic E-state index is 0.0541. The Morgan fingerprint density at radius 2 is 1.71 bits per heavy atom. The van der Waals surface area contributed by atoms with Gasteiger partial charge < -0.3 is 26.0 Å². The number of likely N-dealkylation sites (tertiary alicyclic amines) is 2. The Bertz CT molecular complexity index is 1300. The third-order valence-corrected chi connectivity index (χ3v) is 9.62. The number of nitrogens with zero attached hydrogens (tertiary/aromatic N) is 4. The zero-order valence-corrected chi connectivity index (χ0v) is 27.3. The number of sulfonamides is 1. The summed E-state index contributed by atoms with van der Waals surface area (Å²) in [5.41, 5.74) is 12.5. The standard InChI is InChI=1S/C31H48N6O7S/c1-3-4-8-20-44-28(39)14-13-27(38)34-31(33)35-18-15-24(16-19-35)22-37(45(2,42)43)26(21-23-10-6-5-7-11-23)30(41)36-17-9-12-25(36)29(32)40/h5-7,10-11,24-26H,3-4,8-9,12-22H2,1-2H3,(H2,32,40)(H2,33,34,38)/t25-,26+/m0/s1. The number of benzene rings is 1. The number of guanidine groups is 1. The van der Waals surface area contributed by atoms with Gasteiger partial charge in [0.1, 0.15) is 12.1 Å².